The Morgan fingerprint density at radius 3 is 1.23 bits per heavy atom. The highest BCUT2D eigenvalue weighted by Crippen LogP contribution is 2.41. The molecule has 3 N–H and O–H groups in total. The maximum Gasteiger partial charge on any atom is 0.213 e. The van der Waals surface area contributed by atoms with Crippen molar-refractivity contribution in [2.45, 2.75) is 40.4 Å². The van der Waals surface area contributed by atoms with Gasteiger partial charge in [0.15, 0.2) is 5.75 Å². The molecule has 0 spiro atoms. The summed E-state index contributed by atoms with van der Waals surface area (Å²) in [5.74, 6) is -2.04. The van der Waals surface area contributed by atoms with Gasteiger partial charge in [-0.3, -0.25) is 0 Å². The molecular formula is C21H20O7S2. The fraction of sp³-hybridized carbons (Fsp3) is 0.143. The third kappa shape index (κ3) is 3.61. The summed E-state index contributed by atoms with van der Waals surface area (Å²) in [7, 11) is -8.91. The number of aryl methyl sites for hydroxylation is 3. The molecular weight excluding hydrogens is 428 g/mol. The lowest BCUT2D eigenvalue weighted by atomic mass is 10.2. The minimum atomic E-state index is -4.46. The van der Waals surface area contributed by atoms with Crippen molar-refractivity contribution in [3.8, 4) is 17.2 Å². The second kappa shape index (κ2) is 7.33. The average Bonchev–Trinajstić information content (AvgIpc) is 2.66. The molecule has 0 fully saturated rings. The summed E-state index contributed by atoms with van der Waals surface area (Å²) in [6.45, 7) is 4.74. The van der Waals surface area contributed by atoms with Gasteiger partial charge in [0.2, 0.25) is 19.7 Å². The molecule has 0 heterocycles. The van der Waals surface area contributed by atoms with E-state index < -0.39 is 56.5 Å². The van der Waals surface area contributed by atoms with Crippen LogP contribution in [0.15, 0.2) is 68.1 Å². The van der Waals surface area contributed by atoms with Crippen LogP contribution in [0.5, 0.6) is 17.2 Å². The number of phenolic OH excluding ortho intramolecular Hbond substituents is 3. The Bertz CT molecular complexity index is 1270. The normalized spacial score (nSPS) is 12.1. The van der Waals surface area contributed by atoms with Crippen molar-refractivity contribution < 1.29 is 32.2 Å². The van der Waals surface area contributed by atoms with Crippen LogP contribution in [0.2, 0.25) is 0 Å². The summed E-state index contributed by atoms with van der Waals surface area (Å²) in [5.41, 5.74) is 1.36. The van der Waals surface area contributed by atoms with E-state index >= 15 is 0 Å². The zero-order valence-corrected chi connectivity index (χ0v) is 18.0. The minimum absolute atomic E-state index is 0.254. The predicted molar refractivity (Wildman–Crippen MR) is 109 cm³/mol. The zero-order chi connectivity index (χ0) is 22.4. The number of sulfone groups is 2. The minimum Gasteiger partial charge on any atom is -0.507 e. The summed E-state index contributed by atoms with van der Waals surface area (Å²) in [6, 6.07) is 10.2. The molecule has 0 radical (unpaired) electrons. The Morgan fingerprint density at radius 1 is 0.533 bits per heavy atom. The first-order valence-corrected chi connectivity index (χ1v) is 11.8. The van der Waals surface area contributed by atoms with E-state index in [0.29, 0.717) is 11.1 Å². The molecule has 3 rings (SSSR count). The highest BCUT2D eigenvalue weighted by molar-refractivity contribution is 7.92. The summed E-state index contributed by atoms with van der Waals surface area (Å²) < 4.78 is 52.6. The van der Waals surface area contributed by atoms with Gasteiger partial charge in [-0.05, 0) is 73.9 Å². The third-order valence-electron chi connectivity index (χ3n) is 4.57. The van der Waals surface area contributed by atoms with Gasteiger partial charge in [-0.1, -0.05) is 12.1 Å². The standard InChI is InChI=1S/C21H20O7S2/c1-12-4-6-15(22)17(8-12)29(25,26)19-10-14(3)11-20(21(19)24)30(27,28)18-9-13(2)5-7-16(18)23/h4-11,22-24H,1-3H3. The Morgan fingerprint density at radius 2 is 0.867 bits per heavy atom. The second-order valence-corrected chi connectivity index (χ2v) is 10.8. The van der Waals surface area contributed by atoms with E-state index in [1.807, 2.05) is 0 Å². The third-order valence-corrected chi connectivity index (χ3v) is 8.17. The molecule has 3 aromatic carbocycles. The molecule has 0 amide bonds. The predicted octanol–water partition coefficient (Wildman–Crippen LogP) is 3.39. The molecule has 3 aromatic rings. The van der Waals surface area contributed by atoms with Crippen molar-refractivity contribution in [3.63, 3.8) is 0 Å². The monoisotopic (exact) mass is 448 g/mol. The van der Waals surface area contributed by atoms with Crippen molar-refractivity contribution in [1.29, 1.82) is 0 Å². The van der Waals surface area contributed by atoms with Crippen molar-refractivity contribution >= 4 is 19.7 Å². The van der Waals surface area contributed by atoms with Gasteiger partial charge in [0.25, 0.3) is 0 Å². The molecule has 0 saturated heterocycles. The summed E-state index contributed by atoms with van der Waals surface area (Å²) in [4.78, 5) is -2.22. The second-order valence-electron chi connectivity index (χ2n) is 7.06. The zero-order valence-electron chi connectivity index (χ0n) is 16.4. The maximum absolute atomic E-state index is 13.2. The van der Waals surface area contributed by atoms with Gasteiger partial charge < -0.3 is 15.3 Å². The molecule has 0 atom stereocenters. The molecule has 0 aromatic heterocycles. The number of rotatable bonds is 4. The van der Waals surface area contributed by atoms with Gasteiger partial charge in [0.05, 0.1) is 0 Å². The lowest BCUT2D eigenvalue weighted by Crippen LogP contribution is -2.09. The van der Waals surface area contributed by atoms with Crippen molar-refractivity contribution in [2.75, 3.05) is 0 Å². The van der Waals surface area contributed by atoms with Crippen LogP contribution in [0, 0.1) is 20.8 Å². The van der Waals surface area contributed by atoms with E-state index in [1.54, 1.807) is 13.8 Å². The quantitative estimate of drug-likeness (QED) is 0.558. The molecule has 30 heavy (non-hydrogen) atoms. The topological polar surface area (TPSA) is 129 Å². The average molecular weight is 449 g/mol. The molecule has 0 aliphatic carbocycles. The molecule has 0 aliphatic heterocycles. The molecule has 158 valence electrons. The first-order valence-electron chi connectivity index (χ1n) is 8.78. The lowest BCUT2D eigenvalue weighted by molar-refractivity contribution is 0.439. The summed E-state index contributed by atoms with van der Waals surface area (Å²) in [5, 5.41) is 30.8. The van der Waals surface area contributed by atoms with Gasteiger partial charge in [0.1, 0.15) is 31.1 Å². The van der Waals surface area contributed by atoms with Crippen LogP contribution in [-0.2, 0) is 19.7 Å². The van der Waals surface area contributed by atoms with Crippen LogP contribution in [0.25, 0.3) is 0 Å². The summed E-state index contributed by atoms with van der Waals surface area (Å²) in [6.07, 6.45) is 0. The van der Waals surface area contributed by atoms with E-state index in [0.717, 1.165) is 12.1 Å². The molecule has 0 aliphatic rings. The SMILES string of the molecule is Cc1ccc(O)c(S(=O)(=O)c2cc(C)cc(S(=O)(=O)c3cc(C)ccc3O)c2O)c1. The van der Waals surface area contributed by atoms with E-state index in [9.17, 15) is 32.2 Å². The fourth-order valence-corrected chi connectivity index (χ4v) is 6.35. The van der Waals surface area contributed by atoms with Crippen LogP contribution in [0.1, 0.15) is 16.7 Å². The largest absolute Gasteiger partial charge is 0.507 e. The van der Waals surface area contributed by atoms with Gasteiger partial charge in [0, 0.05) is 0 Å². The van der Waals surface area contributed by atoms with Crippen LogP contribution in [0.3, 0.4) is 0 Å². The van der Waals surface area contributed by atoms with Gasteiger partial charge >= 0.3 is 0 Å². The molecule has 0 bridgehead atoms. The van der Waals surface area contributed by atoms with Crippen molar-refractivity contribution in [1.82, 2.24) is 0 Å². The van der Waals surface area contributed by atoms with Crippen LogP contribution in [0.4, 0.5) is 0 Å². The fourth-order valence-electron chi connectivity index (χ4n) is 3.03. The Kier molecular flexibility index (Phi) is 5.30. The van der Waals surface area contributed by atoms with E-state index in [4.69, 9.17) is 0 Å². The van der Waals surface area contributed by atoms with Gasteiger partial charge in [-0.2, -0.15) is 0 Å². The first-order chi connectivity index (χ1) is 13.9. The molecule has 0 unspecified atom stereocenters. The van der Waals surface area contributed by atoms with Crippen molar-refractivity contribution in [3.05, 3.63) is 65.2 Å². The Labute approximate surface area is 174 Å². The van der Waals surface area contributed by atoms with E-state index in [2.05, 4.69) is 0 Å². The van der Waals surface area contributed by atoms with Gasteiger partial charge in [-0.15, -0.1) is 0 Å². The first kappa shape index (κ1) is 21.7. The van der Waals surface area contributed by atoms with E-state index in [1.165, 1.54) is 43.3 Å². The van der Waals surface area contributed by atoms with Crippen molar-refractivity contribution in [2.24, 2.45) is 0 Å². The molecule has 0 saturated carbocycles. The Hall–Kier alpha value is -3.04. The smallest absolute Gasteiger partial charge is 0.213 e. The summed E-state index contributed by atoms with van der Waals surface area (Å²) >= 11 is 0. The van der Waals surface area contributed by atoms with Crippen LogP contribution in [-0.4, -0.2) is 32.2 Å². The highest BCUT2D eigenvalue weighted by atomic mass is 32.2. The lowest BCUT2D eigenvalue weighted by Gasteiger charge is -2.15. The van der Waals surface area contributed by atoms with Gasteiger partial charge in [-0.25, -0.2) is 16.8 Å². The van der Waals surface area contributed by atoms with Crippen LogP contribution >= 0.6 is 0 Å². The highest BCUT2D eigenvalue weighted by Gasteiger charge is 2.32. The molecule has 7 nitrogen and oxygen atoms in total. The van der Waals surface area contributed by atoms with E-state index in [-0.39, 0.29) is 5.56 Å². The molecule has 9 heteroatoms. The van der Waals surface area contributed by atoms with Crippen LogP contribution < -0.4 is 0 Å². The Balaban J connectivity index is 2.32. The number of benzene rings is 3. The number of hydrogen-bond donors (Lipinski definition) is 3. The number of phenols is 3. The number of hydrogen-bond acceptors (Lipinski definition) is 7. The maximum atomic E-state index is 13.2. The number of aromatic hydroxyl groups is 3.